The molecule has 0 unspecified atom stereocenters. The molecule has 0 fully saturated rings. The van der Waals surface area contributed by atoms with Crippen molar-refractivity contribution in [3.8, 4) is 11.1 Å². The minimum Gasteiger partial charge on any atom is -0.464 e. The average molecular weight is 273 g/mol. The first-order chi connectivity index (χ1) is 9.45. The highest BCUT2D eigenvalue weighted by Crippen LogP contribution is 2.24. The highest BCUT2D eigenvalue weighted by atomic mass is 16.5. The number of benzene rings is 1. The van der Waals surface area contributed by atoms with Gasteiger partial charge in [-0.1, -0.05) is 12.1 Å². The lowest BCUT2D eigenvalue weighted by Crippen LogP contribution is -2.37. The molecule has 0 amide bonds. The van der Waals surface area contributed by atoms with Crippen molar-refractivity contribution >= 4 is 11.7 Å². The summed E-state index contributed by atoms with van der Waals surface area (Å²) in [5, 5.41) is 4.27. The van der Waals surface area contributed by atoms with Crippen molar-refractivity contribution in [3.63, 3.8) is 0 Å². The molecule has 5 nitrogen and oxygen atoms in total. The molecule has 0 aliphatic rings. The zero-order chi connectivity index (χ0) is 14.8. The Morgan fingerprint density at radius 1 is 1.40 bits per heavy atom. The Balaban J connectivity index is 2.31. The quantitative estimate of drug-likeness (QED) is 0.686. The van der Waals surface area contributed by atoms with Crippen molar-refractivity contribution in [3.05, 3.63) is 36.7 Å². The second-order valence-electron chi connectivity index (χ2n) is 5.08. The van der Waals surface area contributed by atoms with Crippen LogP contribution in [0.4, 0.5) is 5.69 Å². The number of nitrogen functional groups attached to an aromatic ring is 1. The fourth-order valence-electron chi connectivity index (χ4n) is 1.90. The number of nitrogens with two attached hydrogens (primary N) is 1. The summed E-state index contributed by atoms with van der Waals surface area (Å²) >= 11 is 0. The largest absolute Gasteiger partial charge is 0.464 e. The SMILES string of the molecule is CCOC(=O)C(C)(C)n1cc(-c2cccc(N)c2)cn1. The van der Waals surface area contributed by atoms with Crippen LogP contribution in [0, 0.1) is 0 Å². The van der Waals surface area contributed by atoms with Crippen LogP contribution in [0.2, 0.25) is 0 Å². The zero-order valence-corrected chi connectivity index (χ0v) is 12.0. The van der Waals surface area contributed by atoms with Crippen LogP contribution in [0.25, 0.3) is 11.1 Å². The highest BCUT2D eigenvalue weighted by Gasteiger charge is 2.32. The lowest BCUT2D eigenvalue weighted by Gasteiger charge is -2.22. The molecule has 0 saturated heterocycles. The van der Waals surface area contributed by atoms with Gasteiger partial charge in [-0.2, -0.15) is 5.10 Å². The summed E-state index contributed by atoms with van der Waals surface area (Å²) in [6, 6.07) is 7.54. The number of rotatable bonds is 4. The molecule has 1 aromatic heterocycles. The number of anilines is 1. The first-order valence-electron chi connectivity index (χ1n) is 6.53. The molecule has 106 valence electrons. The van der Waals surface area contributed by atoms with E-state index >= 15 is 0 Å². The molecule has 2 aromatic rings. The van der Waals surface area contributed by atoms with E-state index in [0.29, 0.717) is 12.3 Å². The van der Waals surface area contributed by atoms with Crippen LogP contribution in [-0.2, 0) is 15.1 Å². The molecule has 0 aliphatic heterocycles. The monoisotopic (exact) mass is 273 g/mol. The van der Waals surface area contributed by atoms with Crippen molar-refractivity contribution in [2.45, 2.75) is 26.3 Å². The molecule has 5 heteroatoms. The molecule has 0 aliphatic carbocycles. The summed E-state index contributed by atoms with van der Waals surface area (Å²) in [7, 11) is 0. The average Bonchev–Trinajstić information content (AvgIpc) is 2.89. The van der Waals surface area contributed by atoms with E-state index in [4.69, 9.17) is 10.5 Å². The highest BCUT2D eigenvalue weighted by molar-refractivity contribution is 5.78. The van der Waals surface area contributed by atoms with Gasteiger partial charge in [-0.25, -0.2) is 4.79 Å². The molecule has 1 heterocycles. The number of carbonyl (C=O) groups is 1. The van der Waals surface area contributed by atoms with Crippen molar-refractivity contribution in [2.75, 3.05) is 12.3 Å². The molecule has 0 radical (unpaired) electrons. The van der Waals surface area contributed by atoms with E-state index in [-0.39, 0.29) is 5.97 Å². The Hall–Kier alpha value is -2.30. The maximum Gasteiger partial charge on any atom is 0.333 e. The molecular formula is C15H19N3O2. The molecule has 0 atom stereocenters. The second kappa shape index (κ2) is 5.36. The lowest BCUT2D eigenvalue weighted by molar-refractivity contribution is -0.152. The van der Waals surface area contributed by atoms with Gasteiger partial charge in [0.2, 0.25) is 0 Å². The van der Waals surface area contributed by atoms with Crippen LogP contribution in [0.3, 0.4) is 0 Å². The van der Waals surface area contributed by atoms with Gasteiger partial charge in [0.15, 0.2) is 5.54 Å². The number of aromatic nitrogens is 2. The predicted octanol–water partition coefficient (Wildman–Crippen LogP) is 2.43. The van der Waals surface area contributed by atoms with Gasteiger partial charge in [0, 0.05) is 17.4 Å². The van der Waals surface area contributed by atoms with Gasteiger partial charge < -0.3 is 10.5 Å². The topological polar surface area (TPSA) is 70.1 Å². The van der Waals surface area contributed by atoms with Gasteiger partial charge in [-0.05, 0) is 38.5 Å². The normalized spacial score (nSPS) is 11.3. The summed E-state index contributed by atoms with van der Waals surface area (Å²) in [6.07, 6.45) is 3.54. The van der Waals surface area contributed by atoms with Crippen LogP contribution in [-0.4, -0.2) is 22.4 Å². The molecule has 0 spiro atoms. The van der Waals surface area contributed by atoms with E-state index in [1.807, 2.05) is 30.5 Å². The molecule has 2 rings (SSSR count). The van der Waals surface area contributed by atoms with Gasteiger partial charge in [-0.15, -0.1) is 0 Å². The Labute approximate surface area is 118 Å². The predicted molar refractivity (Wildman–Crippen MR) is 78.0 cm³/mol. The van der Waals surface area contributed by atoms with E-state index < -0.39 is 5.54 Å². The van der Waals surface area contributed by atoms with E-state index in [9.17, 15) is 4.79 Å². The molecule has 20 heavy (non-hydrogen) atoms. The van der Waals surface area contributed by atoms with Gasteiger partial charge in [-0.3, -0.25) is 4.68 Å². The number of ether oxygens (including phenoxy) is 1. The third-order valence-corrected chi connectivity index (χ3v) is 3.15. The fraction of sp³-hybridized carbons (Fsp3) is 0.333. The maximum atomic E-state index is 12.0. The van der Waals surface area contributed by atoms with Gasteiger partial charge in [0.05, 0.1) is 12.8 Å². The first-order valence-corrected chi connectivity index (χ1v) is 6.53. The summed E-state index contributed by atoms with van der Waals surface area (Å²) < 4.78 is 6.69. The Morgan fingerprint density at radius 3 is 2.80 bits per heavy atom. The van der Waals surface area contributed by atoms with E-state index in [1.165, 1.54) is 0 Å². The first kappa shape index (κ1) is 14.1. The molecule has 2 N–H and O–H groups in total. The number of hydrogen-bond acceptors (Lipinski definition) is 4. The third-order valence-electron chi connectivity index (χ3n) is 3.15. The second-order valence-corrected chi connectivity index (χ2v) is 5.08. The molecule has 1 aromatic carbocycles. The van der Waals surface area contributed by atoms with Crippen LogP contribution >= 0.6 is 0 Å². The number of esters is 1. The molecule has 0 bridgehead atoms. The van der Waals surface area contributed by atoms with Crippen molar-refractivity contribution in [1.29, 1.82) is 0 Å². The Morgan fingerprint density at radius 2 is 2.15 bits per heavy atom. The standard InChI is InChI=1S/C15H19N3O2/c1-4-20-14(19)15(2,3)18-10-12(9-17-18)11-6-5-7-13(16)8-11/h5-10H,4,16H2,1-3H3. The minimum absolute atomic E-state index is 0.303. The maximum absolute atomic E-state index is 12.0. The summed E-state index contributed by atoms with van der Waals surface area (Å²) in [4.78, 5) is 12.0. The number of hydrogen-bond donors (Lipinski definition) is 1. The molecular weight excluding hydrogens is 254 g/mol. The van der Waals surface area contributed by atoms with Gasteiger partial charge in [0.1, 0.15) is 0 Å². The van der Waals surface area contributed by atoms with Crippen LogP contribution in [0.5, 0.6) is 0 Å². The Bertz CT molecular complexity index is 617. The van der Waals surface area contributed by atoms with Crippen LogP contribution in [0.1, 0.15) is 20.8 Å². The van der Waals surface area contributed by atoms with E-state index in [1.54, 1.807) is 31.6 Å². The number of carbonyl (C=O) groups excluding carboxylic acids is 1. The smallest absolute Gasteiger partial charge is 0.333 e. The zero-order valence-electron chi connectivity index (χ0n) is 12.0. The van der Waals surface area contributed by atoms with Crippen molar-refractivity contribution in [2.24, 2.45) is 0 Å². The van der Waals surface area contributed by atoms with Crippen molar-refractivity contribution < 1.29 is 9.53 Å². The summed E-state index contributed by atoms with van der Waals surface area (Å²) in [5.74, 6) is -0.303. The number of nitrogens with zero attached hydrogens (tertiary/aromatic N) is 2. The van der Waals surface area contributed by atoms with Crippen LogP contribution < -0.4 is 5.73 Å². The van der Waals surface area contributed by atoms with E-state index in [0.717, 1.165) is 11.1 Å². The van der Waals surface area contributed by atoms with Gasteiger partial charge >= 0.3 is 5.97 Å². The fourth-order valence-corrected chi connectivity index (χ4v) is 1.90. The summed E-state index contributed by atoms with van der Waals surface area (Å²) in [6.45, 7) is 5.70. The lowest BCUT2D eigenvalue weighted by atomic mass is 10.1. The third kappa shape index (κ3) is 2.66. The Kier molecular flexibility index (Phi) is 3.79. The van der Waals surface area contributed by atoms with Gasteiger partial charge in [0.25, 0.3) is 0 Å². The van der Waals surface area contributed by atoms with E-state index in [2.05, 4.69) is 5.10 Å². The summed E-state index contributed by atoms with van der Waals surface area (Å²) in [5.41, 5.74) is 7.51. The van der Waals surface area contributed by atoms with Crippen LogP contribution in [0.15, 0.2) is 36.7 Å². The minimum atomic E-state index is -0.839. The van der Waals surface area contributed by atoms with Crippen molar-refractivity contribution in [1.82, 2.24) is 9.78 Å². The molecule has 0 saturated carbocycles.